The smallest absolute Gasteiger partial charge is 0.198 e. The van der Waals surface area contributed by atoms with E-state index in [-0.39, 0.29) is 17.1 Å². The molecule has 1 aromatic heterocycles. The number of para-hydroxylation sites is 4. The van der Waals surface area contributed by atoms with Crippen molar-refractivity contribution in [3.8, 4) is 11.5 Å². The molecule has 144 valence electrons. The molecular weight excluding hydrogens is 394 g/mol. The lowest BCUT2D eigenvalue weighted by molar-refractivity contribution is 0.0988. The summed E-state index contributed by atoms with van der Waals surface area (Å²) < 4.78 is 6.07. The zero-order chi connectivity index (χ0) is 20.2. The van der Waals surface area contributed by atoms with E-state index in [0.29, 0.717) is 17.5 Å². The fourth-order valence-electron chi connectivity index (χ4n) is 4.16. The molecule has 2 heterocycles. The summed E-state index contributed by atoms with van der Waals surface area (Å²) in [6.45, 7) is 0. The number of hydrogen-bond donors (Lipinski definition) is 0. The number of thiophene rings is 1. The van der Waals surface area contributed by atoms with Crippen LogP contribution in [-0.2, 0) is 0 Å². The number of hydrogen-bond acceptors (Lipinski definition) is 5. The maximum atomic E-state index is 12.6. The van der Waals surface area contributed by atoms with Gasteiger partial charge in [0.05, 0.1) is 16.9 Å². The highest BCUT2D eigenvalue weighted by Crippen LogP contribution is 2.49. The lowest BCUT2D eigenvalue weighted by Gasteiger charge is -2.33. The van der Waals surface area contributed by atoms with Crippen LogP contribution in [0.1, 0.15) is 27.1 Å². The molecule has 0 fully saturated rings. The number of rotatable bonds is 2. The van der Waals surface area contributed by atoms with Crippen LogP contribution in [0.15, 0.2) is 94.4 Å². The first kappa shape index (κ1) is 17.2. The third kappa shape index (κ3) is 2.46. The van der Waals surface area contributed by atoms with E-state index in [0.717, 1.165) is 34.1 Å². The summed E-state index contributed by atoms with van der Waals surface area (Å²) in [5.41, 5.74) is 5.27. The Bertz CT molecular complexity index is 1260. The monoisotopic (exact) mass is 409 g/mol. The Morgan fingerprint density at radius 2 is 1.43 bits per heavy atom. The highest BCUT2D eigenvalue weighted by Gasteiger charge is 2.34. The molecule has 1 aliphatic heterocycles. The molecule has 3 aromatic rings. The van der Waals surface area contributed by atoms with Crippen molar-refractivity contribution < 1.29 is 14.3 Å². The quantitative estimate of drug-likeness (QED) is 0.373. The van der Waals surface area contributed by atoms with Gasteiger partial charge in [-0.15, -0.1) is 0 Å². The van der Waals surface area contributed by atoms with Crippen molar-refractivity contribution in [3.05, 3.63) is 105 Å². The Morgan fingerprint density at radius 1 is 0.833 bits per heavy atom. The average molecular weight is 409 g/mol. The minimum atomic E-state index is -0.173. The molecule has 30 heavy (non-hydrogen) atoms. The summed E-state index contributed by atoms with van der Waals surface area (Å²) in [6, 6.07) is 15.9. The van der Waals surface area contributed by atoms with Crippen molar-refractivity contribution in [3.63, 3.8) is 0 Å². The topological polar surface area (TPSA) is 46.6 Å². The fraction of sp³-hybridized carbons (Fsp3) is 0.0400. The van der Waals surface area contributed by atoms with Gasteiger partial charge < -0.3 is 9.64 Å². The molecule has 0 saturated carbocycles. The SMILES string of the molecule is O=C1C(=CC2=CC=C(N3c4ccccc4Oc4ccccc43)C2)C(=O)c2cscc21. The molecular formula is C25H15NO3S. The molecule has 0 spiro atoms. The summed E-state index contributed by atoms with van der Waals surface area (Å²) in [7, 11) is 0. The Balaban J connectivity index is 1.33. The number of Topliss-reactive ketones (excluding diaryl/α,β-unsaturated/α-hetero) is 2. The second-order valence-corrected chi connectivity index (χ2v) is 8.11. The van der Waals surface area contributed by atoms with E-state index in [1.165, 1.54) is 11.3 Å². The van der Waals surface area contributed by atoms with Crippen LogP contribution in [0, 0.1) is 0 Å². The van der Waals surface area contributed by atoms with Crippen LogP contribution in [0.5, 0.6) is 11.5 Å². The molecule has 0 saturated heterocycles. The van der Waals surface area contributed by atoms with Crippen LogP contribution < -0.4 is 9.64 Å². The van der Waals surface area contributed by atoms with Crippen LogP contribution in [0.4, 0.5) is 11.4 Å². The lowest BCUT2D eigenvalue weighted by Crippen LogP contribution is -2.20. The van der Waals surface area contributed by atoms with Crippen LogP contribution in [0.2, 0.25) is 0 Å². The molecule has 6 rings (SSSR count). The predicted molar refractivity (Wildman–Crippen MR) is 117 cm³/mol. The Labute approximate surface area is 177 Å². The molecule has 0 N–H and O–H groups in total. The maximum Gasteiger partial charge on any atom is 0.198 e. The Hall–Kier alpha value is -3.70. The summed E-state index contributed by atoms with van der Waals surface area (Å²) >= 11 is 1.39. The summed E-state index contributed by atoms with van der Waals surface area (Å²) in [5, 5.41) is 3.51. The number of fused-ring (bicyclic) bond motifs is 3. The van der Waals surface area contributed by atoms with E-state index < -0.39 is 0 Å². The summed E-state index contributed by atoms with van der Waals surface area (Å²) in [6.07, 6.45) is 6.40. The van der Waals surface area contributed by atoms with E-state index >= 15 is 0 Å². The van der Waals surface area contributed by atoms with Crippen LogP contribution in [-0.4, -0.2) is 11.6 Å². The van der Waals surface area contributed by atoms with Gasteiger partial charge in [0.1, 0.15) is 0 Å². The fourth-order valence-corrected chi connectivity index (χ4v) is 4.96. The highest BCUT2D eigenvalue weighted by atomic mass is 32.1. The van der Waals surface area contributed by atoms with Crippen LogP contribution in [0.25, 0.3) is 0 Å². The minimum absolute atomic E-state index is 0.173. The standard InChI is InChI=1S/C25H15NO3S/c27-24-17(25(28)19-14-30-13-18(19)24)12-15-9-10-16(11-15)26-20-5-1-3-7-22(20)29-23-8-4-2-6-21(23)26/h1-10,12-14H,11H2. The van der Waals surface area contributed by atoms with E-state index in [2.05, 4.69) is 4.90 Å². The largest absolute Gasteiger partial charge is 0.453 e. The molecule has 5 heteroatoms. The first-order valence-corrected chi connectivity index (χ1v) is 10.6. The molecule has 0 radical (unpaired) electrons. The van der Waals surface area contributed by atoms with Crippen molar-refractivity contribution in [1.82, 2.24) is 0 Å². The molecule has 2 aromatic carbocycles. The molecule has 0 amide bonds. The average Bonchev–Trinajstić information content (AvgIpc) is 3.48. The second kappa shape index (κ2) is 6.40. The highest BCUT2D eigenvalue weighted by molar-refractivity contribution is 7.08. The van der Waals surface area contributed by atoms with Gasteiger partial charge in [0.2, 0.25) is 0 Å². The Morgan fingerprint density at radius 3 is 2.07 bits per heavy atom. The number of carbonyl (C=O) groups is 2. The van der Waals surface area contributed by atoms with Crippen molar-refractivity contribution in [2.75, 3.05) is 4.90 Å². The zero-order valence-corrected chi connectivity index (χ0v) is 16.6. The number of anilines is 2. The van der Waals surface area contributed by atoms with Crippen molar-refractivity contribution in [1.29, 1.82) is 0 Å². The van der Waals surface area contributed by atoms with E-state index in [1.54, 1.807) is 16.8 Å². The van der Waals surface area contributed by atoms with Gasteiger partial charge in [0.25, 0.3) is 0 Å². The zero-order valence-electron chi connectivity index (χ0n) is 15.8. The first-order valence-electron chi connectivity index (χ1n) is 9.64. The summed E-state index contributed by atoms with van der Waals surface area (Å²) in [4.78, 5) is 27.4. The predicted octanol–water partition coefficient (Wildman–Crippen LogP) is 6.21. The van der Waals surface area contributed by atoms with Crippen molar-refractivity contribution >= 4 is 34.3 Å². The Kier molecular flexibility index (Phi) is 3.67. The molecule has 4 nitrogen and oxygen atoms in total. The van der Waals surface area contributed by atoms with Gasteiger partial charge in [-0.3, -0.25) is 9.59 Å². The van der Waals surface area contributed by atoms with Crippen LogP contribution in [0.3, 0.4) is 0 Å². The van der Waals surface area contributed by atoms with E-state index in [1.807, 2.05) is 60.7 Å². The number of allylic oxidation sites excluding steroid dienone is 5. The van der Waals surface area contributed by atoms with Gasteiger partial charge in [-0.05, 0) is 42.0 Å². The molecule has 2 aliphatic carbocycles. The summed E-state index contributed by atoms with van der Waals surface area (Å²) in [5.74, 6) is 1.25. The molecule has 0 atom stereocenters. The number of ketones is 2. The van der Waals surface area contributed by atoms with Gasteiger partial charge in [-0.1, -0.05) is 30.3 Å². The number of ether oxygens (including phenoxy) is 1. The molecule has 0 bridgehead atoms. The normalized spacial score (nSPS) is 16.5. The number of carbonyl (C=O) groups excluding carboxylic acids is 2. The van der Waals surface area contributed by atoms with E-state index in [9.17, 15) is 9.59 Å². The van der Waals surface area contributed by atoms with Gasteiger partial charge in [-0.2, -0.15) is 11.3 Å². The van der Waals surface area contributed by atoms with Gasteiger partial charge >= 0.3 is 0 Å². The number of nitrogens with zero attached hydrogens (tertiary/aromatic N) is 1. The third-order valence-electron chi connectivity index (χ3n) is 5.56. The number of benzene rings is 2. The van der Waals surface area contributed by atoms with Crippen molar-refractivity contribution in [2.45, 2.75) is 6.42 Å². The first-order chi connectivity index (χ1) is 14.7. The van der Waals surface area contributed by atoms with Gasteiger partial charge in [0.15, 0.2) is 23.1 Å². The minimum Gasteiger partial charge on any atom is -0.453 e. The second-order valence-electron chi connectivity index (χ2n) is 7.36. The molecule has 3 aliphatic rings. The molecule has 0 unspecified atom stereocenters. The van der Waals surface area contributed by atoms with Crippen LogP contribution >= 0.6 is 11.3 Å². The maximum absolute atomic E-state index is 12.6. The van der Waals surface area contributed by atoms with Gasteiger partial charge in [0, 0.05) is 34.0 Å². The van der Waals surface area contributed by atoms with Gasteiger partial charge in [-0.25, -0.2) is 0 Å². The van der Waals surface area contributed by atoms with E-state index in [4.69, 9.17) is 4.74 Å². The van der Waals surface area contributed by atoms with Crippen molar-refractivity contribution in [2.24, 2.45) is 0 Å². The lowest BCUT2D eigenvalue weighted by atomic mass is 10.1. The third-order valence-corrected chi connectivity index (χ3v) is 6.31.